The lowest BCUT2D eigenvalue weighted by atomic mass is 10.1. The van der Waals surface area contributed by atoms with Gasteiger partial charge in [0.25, 0.3) is 0 Å². The molecule has 1 rings (SSSR count). The molecule has 1 aliphatic rings. The number of aliphatic hydroxyl groups is 1. The summed E-state index contributed by atoms with van der Waals surface area (Å²) < 4.78 is 0. The molecule has 2 atom stereocenters. The molecular weight excluding hydrogens is 156 g/mol. The summed E-state index contributed by atoms with van der Waals surface area (Å²) in [7, 11) is 0. The number of rotatable bonds is 3. The van der Waals surface area contributed by atoms with Gasteiger partial charge in [-0.05, 0) is 12.8 Å². The molecule has 4 nitrogen and oxygen atoms in total. The third-order valence-electron chi connectivity index (χ3n) is 1.85. The molecule has 68 valence electrons. The smallest absolute Gasteiger partial charge is 0.241 e. The van der Waals surface area contributed by atoms with Gasteiger partial charge in [-0.15, -0.1) is 0 Å². The van der Waals surface area contributed by atoms with Gasteiger partial charge >= 0.3 is 0 Å². The lowest BCUT2D eigenvalue weighted by Crippen LogP contribution is -2.47. The molecule has 0 saturated carbocycles. The van der Waals surface area contributed by atoms with E-state index < -0.39 is 6.04 Å². The van der Waals surface area contributed by atoms with Gasteiger partial charge < -0.3 is 16.2 Å². The van der Waals surface area contributed by atoms with Crippen molar-refractivity contribution in [2.75, 3.05) is 6.61 Å². The second kappa shape index (κ2) is 4.23. The highest BCUT2D eigenvalue weighted by molar-refractivity contribution is 5.85. The molecule has 0 aromatic rings. The first-order valence-electron chi connectivity index (χ1n) is 4.09. The zero-order valence-corrected chi connectivity index (χ0v) is 6.86. The maximum absolute atomic E-state index is 11.0. The minimum Gasteiger partial charge on any atom is -0.396 e. The van der Waals surface area contributed by atoms with Crippen LogP contribution in [0.3, 0.4) is 0 Å². The van der Waals surface area contributed by atoms with E-state index in [2.05, 4.69) is 5.32 Å². The van der Waals surface area contributed by atoms with Crippen LogP contribution in [0.1, 0.15) is 12.8 Å². The molecule has 1 amide bonds. The highest BCUT2D eigenvalue weighted by Gasteiger charge is 2.18. The third-order valence-corrected chi connectivity index (χ3v) is 1.85. The van der Waals surface area contributed by atoms with Crippen molar-refractivity contribution in [3.05, 3.63) is 12.2 Å². The zero-order chi connectivity index (χ0) is 8.97. The SMILES string of the molecule is N[C@H]1C=C[C@@H](CCCO)NC1=O. The summed E-state index contributed by atoms with van der Waals surface area (Å²) in [6.45, 7) is 0.159. The molecule has 1 aliphatic heterocycles. The first kappa shape index (κ1) is 9.22. The molecule has 0 bridgehead atoms. The van der Waals surface area contributed by atoms with Crippen molar-refractivity contribution in [1.82, 2.24) is 5.32 Å². The number of amides is 1. The summed E-state index contributed by atoms with van der Waals surface area (Å²) in [6, 6.07) is -0.458. The predicted octanol–water partition coefficient (Wildman–Crippen LogP) is -0.859. The van der Waals surface area contributed by atoms with Crippen molar-refractivity contribution in [1.29, 1.82) is 0 Å². The second-order valence-corrected chi connectivity index (χ2v) is 2.89. The van der Waals surface area contributed by atoms with Crippen LogP contribution in [0, 0.1) is 0 Å². The van der Waals surface area contributed by atoms with Gasteiger partial charge in [0.15, 0.2) is 0 Å². The van der Waals surface area contributed by atoms with Crippen LogP contribution in [0.15, 0.2) is 12.2 Å². The molecule has 0 radical (unpaired) electrons. The van der Waals surface area contributed by atoms with E-state index in [0.29, 0.717) is 6.42 Å². The Balaban J connectivity index is 2.39. The molecule has 4 heteroatoms. The minimum absolute atomic E-state index is 0.0458. The van der Waals surface area contributed by atoms with E-state index >= 15 is 0 Å². The van der Waals surface area contributed by atoms with E-state index in [1.807, 2.05) is 6.08 Å². The Labute approximate surface area is 71.4 Å². The number of aliphatic hydroxyl groups excluding tert-OH is 1. The van der Waals surface area contributed by atoms with Crippen LogP contribution >= 0.6 is 0 Å². The van der Waals surface area contributed by atoms with E-state index in [1.54, 1.807) is 6.08 Å². The summed E-state index contributed by atoms with van der Waals surface area (Å²) in [5, 5.41) is 11.3. The molecule has 0 saturated heterocycles. The van der Waals surface area contributed by atoms with Crippen LogP contribution in [0.2, 0.25) is 0 Å². The Morgan fingerprint density at radius 2 is 2.33 bits per heavy atom. The highest BCUT2D eigenvalue weighted by Crippen LogP contribution is 2.04. The van der Waals surface area contributed by atoms with Crippen molar-refractivity contribution in [2.24, 2.45) is 5.73 Å². The number of carbonyl (C=O) groups is 1. The summed E-state index contributed by atoms with van der Waals surface area (Å²) >= 11 is 0. The van der Waals surface area contributed by atoms with Gasteiger partial charge in [-0.25, -0.2) is 0 Å². The van der Waals surface area contributed by atoms with Gasteiger partial charge in [-0.1, -0.05) is 12.2 Å². The van der Waals surface area contributed by atoms with Gasteiger partial charge in [0, 0.05) is 12.6 Å². The van der Waals surface area contributed by atoms with E-state index in [0.717, 1.165) is 6.42 Å². The lowest BCUT2D eigenvalue weighted by Gasteiger charge is -2.21. The van der Waals surface area contributed by atoms with Crippen molar-refractivity contribution < 1.29 is 9.90 Å². The van der Waals surface area contributed by atoms with Crippen LogP contribution in [-0.2, 0) is 4.79 Å². The van der Waals surface area contributed by atoms with Gasteiger partial charge in [0.05, 0.1) is 0 Å². The van der Waals surface area contributed by atoms with Crippen LogP contribution in [0.5, 0.6) is 0 Å². The molecule has 0 aromatic carbocycles. The average molecular weight is 170 g/mol. The van der Waals surface area contributed by atoms with Crippen molar-refractivity contribution in [3.63, 3.8) is 0 Å². The summed E-state index contributed by atoms with van der Waals surface area (Å²) in [4.78, 5) is 11.0. The minimum atomic E-state index is -0.504. The standard InChI is InChI=1S/C8H14N2O2/c9-7-4-3-6(2-1-5-11)10-8(7)12/h3-4,6-7,11H,1-2,5,9H2,(H,10,12)/t6-,7+/m1/s1. The fourth-order valence-corrected chi connectivity index (χ4v) is 1.15. The van der Waals surface area contributed by atoms with Gasteiger partial charge in [0.2, 0.25) is 5.91 Å². The van der Waals surface area contributed by atoms with E-state index in [9.17, 15) is 4.79 Å². The zero-order valence-electron chi connectivity index (χ0n) is 6.86. The summed E-state index contributed by atoms with van der Waals surface area (Å²) in [5.41, 5.74) is 5.42. The van der Waals surface area contributed by atoms with Gasteiger partial charge in [0.1, 0.15) is 6.04 Å². The molecule has 1 heterocycles. The van der Waals surface area contributed by atoms with Crippen molar-refractivity contribution >= 4 is 5.91 Å². The molecule has 0 aliphatic carbocycles. The maximum Gasteiger partial charge on any atom is 0.241 e. The molecular formula is C8H14N2O2. The number of hydrogen-bond acceptors (Lipinski definition) is 3. The summed E-state index contributed by atoms with van der Waals surface area (Å²) in [6.07, 6.45) is 5.04. The first-order valence-corrected chi connectivity index (χ1v) is 4.09. The van der Waals surface area contributed by atoms with Crippen LogP contribution < -0.4 is 11.1 Å². The fraction of sp³-hybridized carbons (Fsp3) is 0.625. The Morgan fingerprint density at radius 3 is 2.92 bits per heavy atom. The number of carbonyl (C=O) groups excluding carboxylic acids is 1. The van der Waals surface area contributed by atoms with Crippen LogP contribution in [-0.4, -0.2) is 29.7 Å². The largest absolute Gasteiger partial charge is 0.396 e. The van der Waals surface area contributed by atoms with E-state index in [4.69, 9.17) is 10.8 Å². The fourth-order valence-electron chi connectivity index (χ4n) is 1.15. The average Bonchev–Trinajstić information content (AvgIpc) is 2.07. The summed E-state index contributed by atoms with van der Waals surface area (Å²) in [5.74, 6) is -0.138. The van der Waals surface area contributed by atoms with Crippen LogP contribution in [0.4, 0.5) is 0 Å². The third kappa shape index (κ3) is 2.32. The maximum atomic E-state index is 11.0. The monoisotopic (exact) mass is 170 g/mol. The number of nitrogens with two attached hydrogens (primary N) is 1. The molecule has 4 N–H and O–H groups in total. The Kier molecular flexibility index (Phi) is 3.25. The van der Waals surface area contributed by atoms with E-state index in [-0.39, 0.29) is 18.6 Å². The van der Waals surface area contributed by atoms with Crippen LogP contribution in [0.25, 0.3) is 0 Å². The number of hydrogen-bond donors (Lipinski definition) is 3. The molecule has 12 heavy (non-hydrogen) atoms. The molecule has 0 fully saturated rings. The lowest BCUT2D eigenvalue weighted by molar-refractivity contribution is -0.122. The predicted molar refractivity (Wildman–Crippen MR) is 45.4 cm³/mol. The Hall–Kier alpha value is -0.870. The highest BCUT2D eigenvalue weighted by atomic mass is 16.2. The normalized spacial score (nSPS) is 28.7. The second-order valence-electron chi connectivity index (χ2n) is 2.89. The molecule has 0 aromatic heterocycles. The van der Waals surface area contributed by atoms with Crippen molar-refractivity contribution in [2.45, 2.75) is 24.9 Å². The number of nitrogens with one attached hydrogen (secondary N) is 1. The first-order chi connectivity index (χ1) is 5.74. The van der Waals surface area contributed by atoms with Gasteiger partial charge in [-0.3, -0.25) is 4.79 Å². The van der Waals surface area contributed by atoms with Crippen molar-refractivity contribution in [3.8, 4) is 0 Å². The molecule has 0 unspecified atom stereocenters. The van der Waals surface area contributed by atoms with E-state index in [1.165, 1.54) is 0 Å². The van der Waals surface area contributed by atoms with Gasteiger partial charge in [-0.2, -0.15) is 0 Å². The Morgan fingerprint density at radius 1 is 1.58 bits per heavy atom. The molecule has 0 spiro atoms. The Bertz CT molecular complexity index is 191. The quantitative estimate of drug-likeness (QED) is 0.482. The topological polar surface area (TPSA) is 75.3 Å².